The van der Waals surface area contributed by atoms with Gasteiger partial charge in [0.25, 0.3) is 5.91 Å². The molecule has 0 fully saturated rings. The SMILES string of the molecule is COc1cc(Cl)c(C)cc1NC(=O)C(C#N)=Cc1ccc(NC(C)=O)cc1. The van der Waals surface area contributed by atoms with Gasteiger partial charge in [-0.3, -0.25) is 9.59 Å². The van der Waals surface area contributed by atoms with E-state index in [9.17, 15) is 14.9 Å². The number of benzene rings is 2. The zero-order chi connectivity index (χ0) is 20.0. The first-order valence-corrected chi connectivity index (χ1v) is 8.36. The number of carbonyl (C=O) groups is 2. The minimum absolute atomic E-state index is 0.0723. The lowest BCUT2D eigenvalue weighted by atomic mass is 10.1. The molecule has 0 saturated carbocycles. The van der Waals surface area contributed by atoms with Crippen molar-refractivity contribution in [3.63, 3.8) is 0 Å². The van der Waals surface area contributed by atoms with Crippen LogP contribution in [0.1, 0.15) is 18.1 Å². The number of nitrogens with one attached hydrogen (secondary N) is 2. The summed E-state index contributed by atoms with van der Waals surface area (Å²) in [7, 11) is 1.47. The third-order valence-electron chi connectivity index (χ3n) is 3.64. The van der Waals surface area contributed by atoms with Crippen LogP contribution in [-0.2, 0) is 9.59 Å². The first-order chi connectivity index (χ1) is 12.8. The summed E-state index contributed by atoms with van der Waals surface area (Å²) in [5.41, 5.74) is 2.39. The number of carbonyl (C=O) groups excluding carboxylic acids is 2. The Balaban J connectivity index is 2.23. The van der Waals surface area contributed by atoms with Crippen molar-refractivity contribution in [1.29, 1.82) is 5.26 Å². The maximum Gasteiger partial charge on any atom is 0.266 e. The van der Waals surface area contributed by atoms with Crippen LogP contribution in [0.3, 0.4) is 0 Å². The molecule has 0 bridgehead atoms. The summed E-state index contributed by atoms with van der Waals surface area (Å²) in [5, 5.41) is 15.2. The Morgan fingerprint density at radius 2 is 1.85 bits per heavy atom. The number of hydrogen-bond acceptors (Lipinski definition) is 4. The molecule has 0 aliphatic rings. The molecule has 138 valence electrons. The van der Waals surface area contributed by atoms with Gasteiger partial charge in [0.05, 0.1) is 12.8 Å². The smallest absolute Gasteiger partial charge is 0.266 e. The van der Waals surface area contributed by atoms with Gasteiger partial charge in [-0.05, 0) is 42.3 Å². The standard InChI is InChI=1S/C20H18ClN3O3/c1-12-8-18(19(27-3)10-17(12)21)24-20(26)15(11-22)9-14-4-6-16(7-5-14)23-13(2)25/h4-10H,1-3H3,(H,23,25)(H,24,26). The Labute approximate surface area is 162 Å². The van der Waals surface area contributed by atoms with Gasteiger partial charge in [0.15, 0.2) is 0 Å². The lowest BCUT2D eigenvalue weighted by Crippen LogP contribution is -2.14. The topological polar surface area (TPSA) is 91.2 Å². The molecule has 7 heteroatoms. The number of aryl methyl sites for hydroxylation is 1. The number of hydrogen-bond donors (Lipinski definition) is 2. The molecule has 0 radical (unpaired) electrons. The first-order valence-electron chi connectivity index (χ1n) is 7.99. The third kappa shape index (κ3) is 5.33. The van der Waals surface area contributed by atoms with Crippen molar-refractivity contribution in [2.45, 2.75) is 13.8 Å². The Morgan fingerprint density at radius 3 is 2.41 bits per heavy atom. The summed E-state index contributed by atoms with van der Waals surface area (Å²) in [6, 6.07) is 11.9. The number of halogens is 1. The van der Waals surface area contributed by atoms with E-state index in [1.807, 2.05) is 6.07 Å². The molecule has 0 aromatic heterocycles. The highest BCUT2D eigenvalue weighted by molar-refractivity contribution is 6.31. The normalized spacial score (nSPS) is 10.7. The highest BCUT2D eigenvalue weighted by atomic mass is 35.5. The second-order valence-electron chi connectivity index (χ2n) is 5.73. The summed E-state index contributed by atoms with van der Waals surface area (Å²) in [4.78, 5) is 23.5. The maximum atomic E-state index is 12.5. The molecule has 27 heavy (non-hydrogen) atoms. The van der Waals surface area contributed by atoms with Crippen molar-refractivity contribution in [1.82, 2.24) is 0 Å². The summed E-state index contributed by atoms with van der Waals surface area (Å²) < 4.78 is 5.22. The van der Waals surface area contributed by atoms with E-state index in [1.165, 1.54) is 20.1 Å². The molecule has 2 N–H and O–H groups in total. The number of anilines is 2. The van der Waals surface area contributed by atoms with Crippen LogP contribution >= 0.6 is 11.6 Å². The largest absolute Gasteiger partial charge is 0.495 e. The number of nitriles is 1. The van der Waals surface area contributed by atoms with Crippen molar-refractivity contribution in [3.05, 3.63) is 58.1 Å². The number of amides is 2. The highest BCUT2D eigenvalue weighted by Gasteiger charge is 2.14. The van der Waals surface area contributed by atoms with E-state index in [0.29, 0.717) is 27.7 Å². The number of nitrogens with zero attached hydrogens (tertiary/aromatic N) is 1. The van der Waals surface area contributed by atoms with Gasteiger partial charge in [-0.15, -0.1) is 0 Å². The van der Waals surface area contributed by atoms with Crippen LogP contribution in [0, 0.1) is 18.3 Å². The zero-order valence-corrected chi connectivity index (χ0v) is 15.8. The monoisotopic (exact) mass is 383 g/mol. The molecular weight excluding hydrogens is 366 g/mol. The second kappa shape index (κ2) is 8.88. The quantitative estimate of drug-likeness (QED) is 0.599. The lowest BCUT2D eigenvalue weighted by molar-refractivity contribution is -0.114. The molecule has 0 heterocycles. The molecule has 0 unspecified atom stereocenters. The fraction of sp³-hybridized carbons (Fsp3) is 0.150. The van der Waals surface area contributed by atoms with E-state index in [0.717, 1.165) is 5.56 Å². The van der Waals surface area contributed by atoms with Crippen molar-refractivity contribution in [2.24, 2.45) is 0 Å². The predicted molar refractivity (Wildman–Crippen MR) is 106 cm³/mol. The van der Waals surface area contributed by atoms with E-state index in [4.69, 9.17) is 16.3 Å². The van der Waals surface area contributed by atoms with Crippen LogP contribution in [0.5, 0.6) is 5.75 Å². The van der Waals surface area contributed by atoms with Crippen LogP contribution in [0.2, 0.25) is 5.02 Å². The molecule has 2 aromatic carbocycles. The molecule has 0 spiro atoms. The van der Waals surface area contributed by atoms with Crippen LogP contribution in [0.25, 0.3) is 6.08 Å². The van der Waals surface area contributed by atoms with Crippen LogP contribution in [0.4, 0.5) is 11.4 Å². The molecule has 0 aliphatic carbocycles. The molecule has 2 aromatic rings. The van der Waals surface area contributed by atoms with Crippen molar-refractivity contribution in [2.75, 3.05) is 17.7 Å². The van der Waals surface area contributed by atoms with E-state index in [2.05, 4.69) is 10.6 Å². The van der Waals surface area contributed by atoms with Gasteiger partial charge in [-0.1, -0.05) is 23.7 Å². The lowest BCUT2D eigenvalue weighted by Gasteiger charge is -2.12. The zero-order valence-electron chi connectivity index (χ0n) is 15.1. The first kappa shape index (κ1) is 20.0. The van der Waals surface area contributed by atoms with Crippen molar-refractivity contribution in [3.8, 4) is 11.8 Å². The molecule has 2 rings (SSSR count). The number of methoxy groups -OCH3 is 1. The van der Waals surface area contributed by atoms with Gasteiger partial charge in [-0.2, -0.15) is 5.26 Å². The summed E-state index contributed by atoms with van der Waals surface area (Å²) in [5.74, 6) is -0.345. The van der Waals surface area contributed by atoms with Crippen LogP contribution < -0.4 is 15.4 Å². The Morgan fingerprint density at radius 1 is 1.19 bits per heavy atom. The summed E-state index contributed by atoms with van der Waals surface area (Å²) in [6.45, 7) is 3.22. The summed E-state index contributed by atoms with van der Waals surface area (Å²) in [6.07, 6.45) is 1.46. The Bertz CT molecular complexity index is 944. The predicted octanol–water partition coefficient (Wildman–Crippen LogP) is 4.16. The fourth-order valence-electron chi connectivity index (χ4n) is 2.30. The van der Waals surface area contributed by atoms with Crippen molar-refractivity contribution >= 4 is 40.9 Å². The average molecular weight is 384 g/mol. The average Bonchev–Trinajstić information content (AvgIpc) is 2.63. The van der Waals surface area contributed by atoms with Gasteiger partial charge in [-0.25, -0.2) is 0 Å². The molecule has 2 amide bonds. The fourth-order valence-corrected chi connectivity index (χ4v) is 2.45. The highest BCUT2D eigenvalue weighted by Crippen LogP contribution is 2.31. The molecule has 0 saturated heterocycles. The Kier molecular flexibility index (Phi) is 6.58. The van der Waals surface area contributed by atoms with Gasteiger partial charge < -0.3 is 15.4 Å². The van der Waals surface area contributed by atoms with E-state index in [1.54, 1.807) is 43.3 Å². The molecule has 6 nitrogen and oxygen atoms in total. The van der Waals surface area contributed by atoms with Gasteiger partial charge >= 0.3 is 0 Å². The second-order valence-corrected chi connectivity index (χ2v) is 6.14. The van der Waals surface area contributed by atoms with Gasteiger partial charge in [0.2, 0.25) is 5.91 Å². The number of rotatable bonds is 5. The maximum absolute atomic E-state index is 12.5. The van der Waals surface area contributed by atoms with Gasteiger partial charge in [0, 0.05) is 23.7 Å². The minimum Gasteiger partial charge on any atom is -0.495 e. The van der Waals surface area contributed by atoms with E-state index in [-0.39, 0.29) is 11.5 Å². The molecule has 0 atom stereocenters. The number of ether oxygens (including phenoxy) is 1. The Hall–Kier alpha value is -3.30. The van der Waals surface area contributed by atoms with Crippen LogP contribution in [0.15, 0.2) is 42.0 Å². The minimum atomic E-state index is -0.566. The van der Waals surface area contributed by atoms with E-state index < -0.39 is 5.91 Å². The summed E-state index contributed by atoms with van der Waals surface area (Å²) >= 11 is 6.06. The van der Waals surface area contributed by atoms with E-state index >= 15 is 0 Å². The van der Waals surface area contributed by atoms with Gasteiger partial charge in [0.1, 0.15) is 17.4 Å². The molecule has 0 aliphatic heterocycles. The molecular formula is C20H18ClN3O3. The van der Waals surface area contributed by atoms with Crippen molar-refractivity contribution < 1.29 is 14.3 Å². The third-order valence-corrected chi connectivity index (χ3v) is 4.04. The van der Waals surface area contributed by atoms with Crippen LogP contribution in [-0.4, -0.2) is 18.9 Å².